The molecule has 0 aliphatic carbocycles. The predicted molar refractivity (Wildman–Crippen MR) is 40.3 cm³/mol. The van der Waals surface area contributed by atoms with Crippen molar-refractivity contribution < 1.29 is 23.2 Å². The maximum atomic E-state index is 9.39. The molecule has 0 rings (SSSR count). The van der Waals surface area contributed by atoms with Gasteiger partial charge in [-0.1, -0.05) is 6.92 Å². The molecule has 0 aliphatic rings. The summed E-state index contributed by atoms with van der Waals surface area (Å²) in [5.41, 5.74) is 0. The van der Waals surface area contributed by atoms with Gasteiger partial charge in [0.05, 0.1) is 0 Å². The SMILES string of the molecule is CCNC.O=[P+](O)O[P+](=O)O. The summed E-state index contributed by atoms with van der Waals surface area (Å²) in [6.45, 7) is 3.14. The summed E-state index contributed by atoms with van der Waals surface area (Å²) in [7, 11) is -3.92. The lowest BCUT2D eigenvalue weighted by Gasteiger charge is -1.76. The molecule has 0 aromatic heterocycles. The van der Waals surface area contributed by atoms with E-state index < -0.39 is 16.5 Å². The van der Waals surface area contributed by atoms with Crippen molar-refractivity contribution in [2.24, 2.45) is 0 Å². The van der Waals surface area contributed by atoms with E-state index in [-0.39, 0.29) is 0 Å². The van der Waals surface area contributed by atoms with Crippen molar-refractivity contribution in [2.45, 2.75) is 6.92 Å². The molecule has 8 heteroatoms. The second-order valence-corrected chi connectivity index (χ2v) is 2.87. The summed E-state index contributed by atoms with van der Waals surface area (Å²) >= 11 is 0. The van der Waals surface area contributed by atoms with Crippen LogP contribution < -0.4 is 5.32 Å². The number of rotatable bonds is 3. The van der Waals surface area contributed by atoms with Crippen LogP contribution >= 0.6 is 16.5 Å². The summed E-state index contributed by atoms with van der Waals surface area (Å²) < 4.78 is 22.2. The van der Waals surface area contributed by atoms with Crippen molar-refractivity contribution in [3.63, 3.8) is 0 Å². The largest absolute Gasteiger partial charge is 0.745 e. The normalized spacial score (nSPS) is 11.3. The molecule has 11 heavy (non-hydrogen) atoms. The fourth-order valence-electron chi connectivity index (χ4n) is 0.0598. The first-order chi connectivity index (χ1) is 5.04. The molecule has 0 heterocycles. The molecule has 0 bridgehead atoms. The topological polar surface area (TPSA) is 95.9 Å². The fourth-order valence-corrected chi connectivity index (χ4v) is 0.538. The van der Waals surface area contributed by atoms with E-state index in [0.29, 0.717) is 0 Å². The lowest BCUT2D eigenvalue weighted by molar-refractivity contribution is 0.371. The van der Waals surface area contributed by atoms with E-state index >= 15 is 0 Å². The first kappa shape index (κ1) is 13.6. The van der Waals surface area contributed by atoms with Gasteiger partial charge in [-0.15, -0.1) is 9.79 Å². The predicted octanol–water partition coefficient (Wildman–Crippen LogP) is 0.528. The van der Waals surface area contributed by atoms with E-state index in [9.17, 15) is 9.13 Å². The molecule has 6 nitrogen and oxygen atoms in total. The van der Waals surface area contributed by atoms with Crippen LogP contribution in [0.3, 0.4) is 0 Å². The molecule has 0 radical (unpaired) electrons. The average molecular weight is 203 g/mol. The van der Waals surface area contributed by atoms with Gasteiger partial charge in [0.25, 0.3) is 0 Å². The Morgan fingerprint density at radius 3 is 1.64 bits per heavy atom. The van der Waals surface area contributed by atoms with Crippen molar-refractivity contribution in [3.05, 3.63) is 0 Å². The Kier molecular flexibility index (Phi) is 12.4. The van der Waals surface area contributed by atoms with E-state index in [4.69, 9.17) is 9.79 Å². The van der Waals surface area contributed by atoms with E-state index in [0.717, 1.165) is 6.54 Å². The van der Waals surface area contributed by atoms with Gasteiger partial charge in [-0.05, 0) is 13.6 Å². The van der Waals surface area contributed by atoms with Crippen LogP contribution in [0, 0.1) is 0 Å². The van der Waals surface area contributed by atoms with Gasteiger partial charge in [-0.2, -0.15) is 0 Å². The van der Waals surface area contributed by atoms with Crippen molar-refractivity contribution in [3.8, 4) is 0 Å². The van der Waals surface area contributed by atoms with Crippen molar-refractivity contribution in [1.29, 1.82) is 0 Å². The standard InChI is InChI=1S/C3H9N.O5P2/c1-3-4-2;1-6(2)5-7(3)4/h4H,3H2,1-2H3;/p+2. The molecule has 0 aliphatic heterocycles. The average Bonchev–Trinajstić information content (AvgIpc) is 1.85. The first-order valence-electron chi connectivity index (χ1n) is 2.69. The number of hydrogen-bond acceptors (Lipinski definition) is 4. The highest BCUT2D eigenvalue weighted by Gasteiger charge is 2.31. The third-order valence-electron chi connectivity index (χ3n) is 0.493. The van der Waals surface area contributed by atoms with Gasteiger partial charge in [-0.3, -0.25) is 0 Å². The van der Waals surface area contributed by atoms with Crippen LogP contribution in [0.4, 0.5) is 0 Å². The van der Waals surface area contributed by atoms with Gasteiger partial charge in [-0.25, -0.2) is 0 Å². The molecule has 0 aromatic rings. The summed E-state index contributed by atoms with van der Waals surface area (Å²) in [5.74, 6) is 0. The second-order valence-electron chi connectivity index (χ2n) is 1.26. The molecule has 2 unspecified atom stereocenters. The second kappa shape index (κ2) is 10.0. The van der Waals surface area contributed by atoms with Gasteiger partial charge >= 0.3 is 16.5 Å². The van der Waals surface area contributed by atoms with Crippen LogP contribution in [-0.2, 0) is 13.4 Å². The molecule has 0 aromatic carbocycles. The van der Waals surface area contributed by atoms with Gasteiger partial charge in [0.15, 0.2) is 4.31 Å². The molecule has 66 valence electrons. The van der Waals surface area contributed by atoms with Crippen molar-refractivity contribution in [2.75, 3.05) is 13.6 Å². The third-order valence-corrected chi connectivity index (χ3v) is 1.61. The summed E-state index contributed by atoms with van der Waals surface area (Å²) in [6.07, 6.45) is 0. The van der Waals surface area contributed by atoms with Crippen LogP contribution in [0.5, 0.6) is 0 Å². The van der Waals surface area contributed by atoms with E-state index in [1.807, 2.05) is 7.05 Å². The zero-order chi connectivity index (χ0) is 9.28. The Bertz CT molecular complexity index is 115. The lowest BCUT2D eigenvalue weighted by atomic mass is 10.8. The minimum absolute atomic E-state index is 1.07. The summed E-state index contributed by atoms with van der Waals surface area (Å²) in [6, 6.07) is 0. The molecule has 0 spiro atoms. The molecular formula is C3H11NO5P2+2. The highest BCUT2D eigenvalue weighted by Crippen LogP contribution is 2.30. The van der Waals surface area contributed by atoms with Crippen LogP contribution in [-0.4, -0.2) is 23.4 Å². The maximum absolute atomic E-state index is 9.39. The Hall–Kier alpha value is 0.0400. The third kappa shape index (κ3) is 25.5. The molecule has 0 saturated carbocycles. The van der Waals surface area contributed by atoms with E-state index in [1.165, 1.54) is 0 Å². The van der Waals surface area contributed by atoms with E-state index in [1.54, 1.807) is 0 Å². The smallest absolute Gasteiger partial charge is 0.320 e. The molecular weight excluding hydrogens is 192 g/mol. The maximum Gasteiger partial charge on any atom is 0.745 e. The van der Waals surface area contributed by atoms with E-state index in [2.05, 4.69) is 16.6 Å². The number of nitrogens with one attached hydrogen (secondary N) is 1. The molecule has 0 saturated heterocycles. The van der Waals surface area contributed by atoms with Crippen LogP contribution in [0.1, 0.15) is 6.92 Å². The highest BCUT2D eigenvalue weighted by atomic mass is 31.2. The molecule has 3 N–H and O–H groups in total. The quantitative estimate of drug-likeness (QED) is 0.579. The highest BCUT2D eigenvalue weighted by molar-refractivity contribution is 7.46. The molecule has 2 atom stereocenters. The molecule has 0 amide bonds. The Balaban J connectivity index is 0. The lowest BCUT2D eigenvalue weighted by Crippen LogP contribution is -2.01. The number of hydrogen-bond donors (Lipinski definition) is 3. The van der Waals surface area contributed by atoms with Crippen molar-refractivity contribution in [1.82, 2.24) is 5.32 Å². The monoisotopic (exact) mass is 203 g/mol. The Labute approximate surface area is 66.5 Å². The zero-order valence-electron chi connectivity index (χ0n) is 6.22. The summed E-state index contributed by atoms with van der Waals surface area (Å²) in [5, 5.41) is 2.93. The van der Waals surface area contributed by atoms with Gasteiger partial charge in [0, 0.05) is 9.13 Å². The minimum Gasteiger partial charge on any atom is -0.320 e. The van der Waals surface area contributed by atoms with Gasteiger partial charge in [0.1, 0.15) is 0 Å². The Morgan fingerprint density at radius 1 is 1.36 bits per heavy atom. The fraction of sp³-hybridized carbons (Fsp3) is 1.00. The van der Waals surface area contributed by atoms with Crippen LogP contribution in [0.15, 0.2) is 0 Å². The zero-order valence-corrected chi connectivity index (χ0v) is 8.01. The molecule has 0 fully saturated rings. The minimum atomic E-state index is -2.92. The van der Waals surface area contributed by atoms with Crippen LogP contribution in [0.25, 0.3) is 0 Å². The summed E-state index contributed by atoms with van der Waals surface area (Å²) in [4.78, 5) is 15.3. The first-order valence-corrected chi connectivity index (χ1v) is 4.95. The van der Waals surface area contributed by atoms with Crippen molar-refractivity contribution >= 4 is 16.5 Å². The Morgan fingerprint density at radius 2 is 1.64 bits per heavy atom. The van der Waals surface area contributed by atoms with Gasteiger partial charge in [0.2, 0.25) is 0 Å². The van der Waals surface area contributed by atoms with Crippen LogP contribution in [0.2, 0.25) is 0 Å². The van der Waals surface area contributed by atoms with Gasteiger partial charge < -0.3 is 5.32 Å².